The Morgan fingerprint density at radius 1 is 1.00 bits per heavy atom. The molecule has 0 aromatic carbocycles. The molecule has 1 saturated heterocycles. The van der Waals surface area contributed by atoms with Gasteiger partial charge in [-0.1, -0.05) is 63.9 Å². The van der Waals surface area contributed by atoms with E-state index in [0.717, 1.165) is 19.3 Å². The van der Waals surface area contributed by atoms with E-state index in [0.29, 0.717) is 5.57 Å². The molecule has 0 amide bonds. The van der Waals surface area contributed by atoms with Crippen LogP contribution in [0.3, 0.4) is 0 Å². The normalized spacial score (nSPS) is 21.9. The first-order chi connectivity index (χ1) is 11.7. The Bertz CT molecular complexity index is 419. The van der Waals surface area contributed by atoms with E-state index >= 15 is 0 Å². The third-order valence-corrected chi connectivity index (χ3v) is 4.68. The maximum Gasteiger partial charge on any atom is 0.336 e. The third-order valence-electron chi connectivity index (χ3n) is 4.68. The number of esters is 1. The van der Waals surface area contributed by atoms with Gasteiger partial charge in [0.05, 0.1) is 5.57 Å². The van der Waals surface area contributed by atoms with Crippen LogP contribution >= 0.6 is 0 Å². The van der Waals surface area contributed by atoms with Gasteiger partial charge in [-0.15, -0.1) is 12.3 Å². The van der Waals surface area contributed by atoms with Crippen LogP contribution in [0.1, 0.15) is 90.4 Å². The van der Waals surface area contributed by atoms with Gasteiger partial charge in [0.25, 0.3) is 0 Å². The highest BCUT2D eigenvalue weighted by Gasteiger charge is 2.34. The number of cyclic esters (lactones) is 1. The average Bonchev–Trinajstić information content (AvgIpc) is 2.81. The predicted octanol–water partition coefficient (Wildman–Crippen LogP) is 4.92. The van der Waals surface area contributed by atoms with Crippen LogP contribution in [-0.2, 0) is 9.53 Å². The number of carbonyl (C=O) groups is 1. The molecule has 0 saturated carbocycles. The van der Waals surface area contributed by atoms with Crippen LogP contribution in [0.2, 0.25) is 0 Å². The van der Waals surface area contributed by atoms with Crippen LogP contribution in [0.5, 0.6) is 0 Å². The number of aliphatic hydroxyl groups excluding tert-OH is 1. The van der Waals surface area contributed by atoms with Crippen molar-refractivity contribution in [3.05, 3.63) is 11.6 Å². The van der Waals surface area contributed by atoms with Crippen molar-refractivity contribution < 1.29 is 14.6 Å². The summed E-state index contributed by atoms with van der Waals surface area (Å²) in [5.41, 5.74) is 0.449. The molecule has 1 fully saturated rings. The van der Waals surface area contributed by atoms with Crippen LogP contribution in [0.25, 0.3) is 0 Å². The standard InChI is InChI=1S/C21H34O3/c1-3-4-5-6-7-8-9-10-11-12-13-14-15-16-17-19-20(22)18(2)24-21(19)23/h1,17-18,20,22H,4-16H2,2H3. The summed E-state index contributed by atoms with van der Waals surface area (Å²) in [5, 5.41) is 9.81. The van der Waals surface area contributed by atoms with Gasteiger partial charge in [-0.05, 0) is 26.2 Å². The van der Waals surface area contributed by atoms with Crippen LogP contribution in [0.15, 0.2) is 11.6 Å². The molecule has 3 heteroatoms. The van der Waals surface area contributed by atoms with Gasteiger partial charge in [0.1, 0.15) is 12.2 Å². The zero-order valence-corrected chi connectivity index (χ0v) is 15.3. The number of aliphatic hydroxyl groups is 1. The summed E-state index contributed by atoms with van der Waals surface area (Å²) >= 11 is 0. The number of unbranched alkanes of at least 4 members (excludes halogenated alkanes) is 12. The Balaban J connectivity index is 1.88. The third kappa shape index (κ3) is 8.55. The van der Waals surface area contributed by atoms with Crippen molar-refractivity contribution in [2.24, 2.45) is 0 Å². The minimum atomic E-state index is -0.746. The summed E-state index contributed by atoms with van der Waals surface area (Å²) in [7, 11) is 0. The van der Waals surface area contributed by atoms with Crippen molar-refractivity contribution >= 4 is 5.97 Å². The van der Waals surface area contributed by atoms with Gasteiger partial charge in [-0.3, -0.25) is 0 Å². The molecular weight excluding hydrogens is 300 g/mol. The summed E-state index contributed by atoms with van der Waals surface area (Å²) in [5.74, 6) is 2.34. The maximum absolute atomic E-state index is 11.5. The second-order valence-corrected chi connectivity index (χ2v) is 6.85. The highest BCUT2D eigenvalue weighted by molar-refractivity contribution is 5.92. The number of allylic oxidation sites excluding steroid dienone is 1. The first-order valence-corrected chi connectivity index (χ1v) is 9.69. The van der Waals surface area contributed by atoms with Crippen molar-refractivity contribution in [3.8, 4) is 12.3 Å². The topological polar surface area (TPSA) is 46.5 Å². The van der Waals surface area contributed by atoms with Crippen LogP contribution in [0.4, 0.5) is 0 Å². The van der Waals surface area contributed by atoms with Crippen molar-refractivity contribution in [2.45, 2.75) is 103 Å². The molecule has 1 heterocycles. The second kappa shape index (κ2) is 13.1. The van der Waals surface area contributed by atoms with Gasteiger partial charge in [-0.2, -0.15) is 0 Å². The van der Waals surface area contributed by atoms with E-state index in [1.807, 2.05) is 6.08 Å². The fourth-order valence-corrected chi connectivity index (χ4v) is 3.10. The first kappa shape index (κ1) is 20.8. The van der Waals surface area contributed by atoms with E-state index in [2.05, 4.69) is 5.92 Å². The van der Waals surface area contributed by atoms with Crippen molar-refractivity contribution in [1.29, 1.82) is 0 Å². The molecule has 1 aliphatic rings. The predicted molar refractivity (Wildman–Crippen MR) is 98.5 cm³/mol. The highest BCUT2D eigenvalue weighted by atomic mass is 16.6. The number of ether oxygens (including phenoxy) is 1. The molecule has 0 spiro atoms. The molecule has 1 aliphatic heterocycles. The number of hydrogen-bond acceptors (Lipinski definition) is 3. The van der Waals surface area contributed by atoms with Crippen LogP contribution in [-0.4, -0.2) is 23.3 Å². The highest BCUT2D eigenvalue weighted by Crippen LogP contribution is 2.22. The molecule has 1 N–H and O–H groups in total. The van der Waals surface area contributed by atoms with E-state index in [-0.39, 0.29) is 5.97 Å². The SMILES string of the molecule is C#CCCCCCCCCCCCCCC=C1C(=O)OC(C)C1O. The van der Waals surface area contributed by atoms with Gasteiger partial charge < -0.3 is 9.84 Å². The Morgan fingerprint density at radius 2 is 1.50 bits per heavy atom. The molecule has 2 atom stereocenters. The first-order valence-electron chi connectivity index (χ1n) is 9.69. The Kier molecular flexibility index (Phi) is 11.3. The minimum absolute atomic E-state index is 0.353. The van der Waals surface area contributed by atoms with Gasteiger partial charge in [0.2, 0.25) is 0 Å². The molecule has 0 bridgehead atoms. The largest absolute Gasteiger partial charge is 0.456 e. The molecule has 0 aliphatic carbocycles. The van der Waals surface area contributed by atoms with Crippen LogP contribution in [0, 0.1) is 12.3 Å². The van der Waals surface area contributed by atoms with E-state index in [4.69, 9.17) is 11.2 Å². The number of terminal acetylenes is 1. The van der Waals surface area contributed by atoms with Crippen LogP contribution < -0.4 is 0 Å². The summed E-state index contributed by atoms with van der Waals surface area (Å²) in [4.78, 5) is 11.5. The van der Waals surface area contributed by atoms with E-state index < -0.39 is 12.2 Å². The average molecular weight is 334 g/mol. The van der Waals surface area contributed by atoms with Gasteiger partial charge in [-0.25, -0.2) is 4.79 Å². The van der Waals surface area contributed by atoms with Crippen molar-refractivity contribution in [1.82, 2.24) is 0 Å². The molecule has 0 radical (unpaired) electrons. The molecule has 2 unspecified atom stereocenters. The fraction of sp³-hybridized carbons (Fsp3) is 0.762. The fourth-order valence-electron chi connectivity index (χ4n) is 3.10. The number of rotatable bonds is 13. The lowest BCUT2D eigenvalue weighted by atomic mass is 10.0. The number of carbonyl (C=O) groups excluding carboxylic acids is 1. The molecule has 3 nitrogen and oxygen atoms in total. The van der Waals surface area contributed by atoms with Crippen molar-refractivity contribution in [3.63, 3.8) is 0 Å². The molecular formula is C21H34O3. The van der Waals surface area contributed by atoms with E-state index in [1.165, 1.54) is 64.2 Å². The Hall–Kier alpha value is -1.27. The molecule has 136 valence electrons. The zero-order valence-electron chi connectivity index (χ0n) is 15.3. The van der Waals surface area contributed by atoms with Crippen molar-refractivity contribution in [2.75, 3.05) is 0 Å². The summed E-state index contributed by atoms with van der Waals surface area (Å²) < 4.78 is 4.99. The summed E-state index contributed by atoms with van der Waals surface area (Å²) in [6, 6.07) is 0. The van der Waals surface area contributed by atoms with E-state index in [9.17, 15) is 9.90 Å². The van der Waals surface area contributed by atoms with Gasteiger partial charge in [0, 0.05) is 6.42 Å². The summed E-state index contributed by atoms with van der Waals surface area (Å²) in [6.07, 6.45) is 21.7. The maximum atomic E-state index is 11.5. The zero-order chi connectivity index (χ0) is 17.6. The quantitative estimate of drug-likeness (QED) is 0.225. The number of hydrogen-bond donors (Lipinski definition) is 1. The lowest BCUT2D eigenvalue weighted by molar-refractivity contribution is -0.138. The lowest BCUT2D eigenvalue weighted by Crippen LogP contribution is -2.17. The smallest absolute Gasteiger partial charge is 0.336 e. The molecule has 0 aromatic rings. The van der Waals surface area contributed by atoms with Gasteiger partial charge >= 0.3 is 5.97 Å². The molecule has 1 rings (SSSR count). The monoisotopic (exact) mass is 334 g/mol. The summed E-state index contributed by atoms with van der Waals surface area (Å²) in [6.45, 7) is 1.72. The lowest BCUT2D eigenvalue weighted by Gasteiger charge is -2.05. The minimum Gasteiger partial charge on any atom is -0.456 e. The molecule has 24 heavy (non-hydrogen) atoms. The second-order valence-electron chi connectivity index (χ2n) is 6.85. The Morgan fingerprint density at radius 3 is 1.96 bits per heavy atom. The van der Waals surface area contributed by atoms with Gasteiger partial charge in [0.15, 0.2) is 0 Å². The Labute approximate surface area is 147 Å². The molecule has 0 aromatic heterocycles. The van der Waals surface area contributed by atoms with E-state index in [1.54, 1.807) is 6.92 Å².